The lowest BCUT2D eigenvalue weighted by molar-refractivity contribution is -0.384. The van der Waals surface area contributed by atoms with Crippen LogP contribution in [0.5, 0.6) is 0 Å². The molecule has 1 saturated heterocycles. The predicted molar refractivity (Wildman–Crippen MR) is 99.3 cm³/mol. The molecule has 0 bridgehead atoms. The zero-order valence-electron chi connectivity index (χ0n) is 14.9. The number of benzene rings is 2. The summed E-state index contributed by atoms with van der Waals surface area (Å²) in [5.41, 5.74) is 2.71. The molecule has 0 saturated carbocycles. The summed E-state index contributed by atoms with van der Waals surface area (Å²) in [6.45, 7) is 9.40. The molecule has 1 fully saturated rings. The maximum Gasteiger partial charge on any atom is 0.269 e. The first-order valence-corrected chi connectivity index (χ1v) is 8.69. The lowest BCUT2D eigenvalue weighted by atomic mass is 9.97. The second kappa shape index (κ2) is 7.33. The van der Waals surface area contributed by atoms with Crippen LogP contribution in [0.1, 0.15) is 25.0 Å². The quantitative estimate of drug-likeness (QED) is 0.616. The molecular weight excluding hydrogens is 314 g/mol. The van der Waals surface area contributed by atoms with Crippen LogP contribution in [0.15, 0.2) is 54.6 Å². The van der Waals surface area contributed by atoms with E-state index in [4.69, 9.17) is 0 Å². The van der Waals surface area contributed by atoms with Crippen LogP contribution in [-0.2, 0) is 13.1 Å². The maximum atomic E-state index is 10.8. The highest BCUT2D eigenvalue weighted by Crippen LogP contribution is 2.24. The summed E-state index contributed by atoms with van der Waals surface area (Å²) < 4.78 is 0. The monoisotopic (exact) mass is 339 g/mol. The molecule has 0 radical (unpaired) electrons. The molecule has 0 spiro atoms. The first-order valence-electron chi connectivity index (χ1n) is 8.69. The molecule has 25 heavy (non-hydrogen) atoms. The second-order valence-electron chi connectivity index (χ2n) is 7.35. The van der Waals surface area contributed by atoms with Crippen molar-refractivity contribution in [3.8, 4) is 0 Å². The van der Waals surface area contributed by atoms with Gasteiger partial charge in [0.15, 0.2) is 0 Å². The largest absolute Gasteiger partial charge is 0.296 e. The van der Waals surface area contributed by atoms with Crippen LogP contribution in [0.25, 0.3) is 0 Å². The van der Waals surface area contributed by atoms with E-state index < -0.39 is 0 Å². The highest BCUT2D eigenvalue weighted by molar-refractivity contribution is 5.32. The SMILES string of the molecule is CC1(C)CN(Cc2ccc([N+](=O)[O-])cc2)CCN1Cc1ccccc1. The lowest BCUT2D eigenvalue weighted by Crippen LogP contribution is -2.58. The normalized spacial score (nSPS) is 18.2. The molecule has 0 aromatic heterocycles. The van der Waals surface area contributed by atoms with E-state index in [2.05, 4.69) is 54.0 Å². The molecule has 0 N–H and O–H groups in total. The Kier molecular flexibility index (Phi) is 5.16. The van der Waals surface area contributed by atoms with E-state index in [1.54, 1.807) is 12.1 Å². The summed E-state index contributed by atoms with van der Waals surface area (Å²) in [6, 6.07) is 17.5. The molecule has 1 aliphatic rings. The van der Waals surface area contributed by atoms with Gasteiger partial charge < -0.3 is 0 Å². The number of hydrogen-bond acceptors (Lipinski definition) is 4. The molecular formula is C20H25N3O2. The number of non-ortho nitro benzene ring substituents is 1. The second-order valence-corrected chi connectivity index (χ2v) is 7.35. The number of nitrogens with zero attached hydrogens (tertiary/aromatic N) is 3. The van der Waals surface area contributed by atoms with Gasteiger partial charge in [0.25, 0.3) is 5.69 Å². The van der Waals surface area contributed by atoms with Gasteiger partial charge in [-0.25, -0.2) is 0 Å². The van der Waals surface area contributed by atoms with Crippen molar-refractivity contribution in [3.63, 3.8) is 0 Å². The third-order valence-electron chi connectivity index (χ3n) is 4.92. The minimum absolute atomic E-state index is 0.0921. The van der Waals surface area contributed by atoms with Gasteiger partial charge in [-0.1, -0.05) is 42.5 Å². The van der Waals surface area contributed by atoms with E-state index in [1.807, 2.05) is 12.1 Å². The first kappa shape index (κ1) is 17.6. The van der Waals surface area contributed by atoms with Gasteiger partial charge in [0.05, 0.1) is 4.92 Å². The third kappa shape index (κ3) is 4.44. The number of nitro benzene ring substituents is 1. The molecule has 0 aliphatic carbocycles. The molecule has 2 aromatic rings. The van der Waals surface area contributed by atoms with E-state index in [-0.39, 0.29) is 16.1 Å². The van der Waals surface area contributed by atoms with Crippen molar-refractivity contribution in [2.24, 2.45) is 0 Å². The van der Waals surface area contributed by atoms with E-state index in [9.17, 15) is 10.1 Å². The molecule has 0 unspecified atom stereocenters. The molecule has 3 rings (SSSR count). The third-order valence-corrected chi connectivity index (χ3v) is 4.92. The Bertz CT molecular complexity index is 713. The van der Waals surface area contributed by atoms with Crippen molar-refractivity contribution in [1.29, 1.82) is 0 Å². The molecule has 5 nitrogen and oxygen atoms in total. The average Bonchev–Trinajstić information content (AvgIpc) is 2.58. The number of hydrogen-bond donors (Lipinski definition) is 0. The van der Waals surface area contributed by atoms with E-state index in [1.165, 1.54) is 5.56 Å². The molecule has 132 valence electrons. The minimum atomic E-state index is -0.352. The van der Waals surface area contributed by atoms with Gasteiger partial charge in [-0.15, -0.1) is 0 Å². The van der Waals surface area contributed by atoms with Crippen molar-refractivity contribution >= 4 is 5.69 Å². The Balaban J connectivity index is 1.61. The fraction of sp³-hybridized carbons (Fsp3) is 0.400. The van der Waals surface area contributed by atoms with Gasteiger partial charge in [-0.3, -0.25) is 19.9 Å². The standard InChI is InChI=1S/C20H25N3O2/c1-20(2)16-21(14-18-8-10-19(11-9-18)23(24)25)12-13-22(20)15-17-6-4-3-5-7-17/h3-11H,12-16H2,1-2H3. The first-order chi connectivity index (χ1) is 11.9. The topological polar surface area (TPSA) is 49.6 Å². The Hall–Kier alpha value is -2.24. The Labute approximate surface area is 149 Å². The average molecular weight is 339 g/mol. The van der Waals surface area contributed by atoms with Gasteiger partial charge in [-0.05, 0) is 25.0 Å². The Morgan fingerprint density at radius 1 is 0.960 bits per heavy atom. The van der Waals surface area contributed by atoms with Crippen molar-refractivity contribution in [1.82, 2.24) is 9.80 Å². The zero-order chi connectivity index (χ0) is 17.9. The van der Waals surface area contributed by atoms with Crippen LogP contribution in [-0.4, -0.2) is 39.9 Å². The predicted octanol–water partition coefficient (Wildman–Crippen LogP) is 3.69. The van der Waals surface area contributed by atoms with Crippen LogP contribution in [0.2, 0.25) is 0 Å². The molecule has 0 atom stereocenters. The highest BCUT2D eigenvalue weighted by Gasteiger charge is 2.33. The van der Waals surface area contributed by atoms with E-state index in [0.717, 1.165) is 38.3 Å². The minimum Gasteiger partial charge on any atom is -0.296 e. The summed E-state index contributed by atoms with van der Waals surface area (Å²) in [5, 5.41) is 10.8. The van der Waals surface area contributed by atoms with Gasteiger partial charge in [-0.2, -0.15) is 0 Å². The van der Waals surface area contributed by atoms with Crippen molar-refractivity contribution in [3.05, 3.63) is 75.8 Å². The molecule has 0 amide bonds. The molecule has 1 aliphatic heterocycles. The van der Waals surface area contributed by atoms with Crippen LogP contribution >= 0.6 is 0 Å². The van der Waals surface area contributed by atoms with Crippen molar-refractivity contribution < 1.29 is 4.92 Å². The summed E-state index contributed by atoms with van der Waals surface area (Å²) in [4.78, 5) is 15.4. The summed E-state index contributed by atoms with van der Waals surface area (Å²) in [6.07, 6.45) is 0. The zero-order valence-corrected chi connectivity index (χ0v) is 14.9. The fourth-order valence-electron chi connectivity index (χ4n) is 3.50. The van der Waals surface area contributed by atoms with Crippen molar-refractivity contribution in [2.45, 2.75) is 32.5 Å². The van der Waals surface area contributed by atoms with E-state index in [0.29, 0.717) is 0 Å². The van der Waals surface area contributed by atoms with Crippen LogP contribution in [0.3, 0.4) is 0 Å². The van der Waals surface area contributed by atoms with Crippen LogP contribution in [0, 0.1) is 10.1 Å². The molecule has 2 aromatic carbocycles. The smallest absolute Gasteiger partial charge is 0.269 e. The summed E-state index contributed by atoms with van der Waals surface area (Å²) in [5.74, 6) is 0. The molecule has 5 heteroatoms. The number of nitro groups is 1. The number of rotatable bonds is 5. The Morgan fingerprint density at radius 3 is 2.20 bits per heavy atom. The highest BCUT2D eigenvalue weighted by atomic mass is 16.6. The van der Waals surface area contributed by atoms with Gasteiger partial charge in [0.1, 0.15) is 0 Å². The Morgan fingerprint density at radius 2 is 1.60 bits per heavy atom. The van der Waals surface area contributed by atoms with Crippen LogP contribution in [0.4, 0.5) is 5.69 Å². The number of piperazine rings is 1. The van der Waals surface area contributed by atoms with Crippen molar-refractivity contribution in [2.75, 3.05) is 19.6 Å². The summed E-state index contributed by atoms with van der Waals surface area (Å²) in [7, 11) is 0. The fourth-order valence-corrected chi connectivity index (χ4v) is 3.50. The molecule has 1 heterocycles. The van der Waals surface area contributed by atoms with Gasteiger partial charge >= 0.3 is 0 Å². The maximum absolute atomic E-state index is 10.8. The lowest BCUT2D eigenvalue weighted by Gasteiger charge is -2.47. The van der Waals surface area contributed by atoms with Crippen LogP contribution < -0.4 is 0 Å². The van der Waals surface area contributed by atoms with Gasteiger partial charge in [0.2, 0.25) is 0 Å². The van der Waals surface area contributed by atoms with Gasteiger partial charge in [0, 0.05) is 50.4 Å². The van der Waals surface area contributed by atoms with E-state index >= 15 is 0 Å². The summed E-state index contributed by atoms with van der Waals surface area (Å²) >= 11 is 0.